The van der Waals surface area contributed by atoms with Gasteiger partial charge >= 0.3 is 0 Å². The molecule has 0 radical (unpaired) electrons. The molecular weight excluding hydrogens is 236 g/mol. The number of carbonyl (C=O) groups excluding carboxylic acids is 1. The van der Waals surface area contributed by atoms with Gasteiger partial charge < -0.3 is 10.4 Å². The van der Waals surface area contributed by atoms with Crippen molar-refractivity contribution in [1.82, 2.24) is 4.98 Å². The van der Waals surface area contributed by atoms with Gasteiger partial charge in [0.25, 0.3) is 0 Å². The minimum Gasteiger partial charge on any atom is -0.493 e. The van der Waals surface area contributed by atoms with E-state index in [0.717, 1.165) is 28.2 Å². The van der Waals surface area contributed by atoms with Crippen LogP contribution in [-0.2, 0) is 11.2 Å². The number of benzene rings is 1. The minimum atomic E-state index is 0.0519. The van der Waals surface area contributed by atoms with E-state index in [1.807, 2.05) is 18.2 Å². The molecule has 3 rings (SSSR count). The van der Waals surface area contributed by atoms with Gasteiger partial charge in [-0.2, -0.15) is 0 Å². The summed E-state index contributed by atoms with van der Waals surface area (Å²) in [5.41, 5.74) is 2.98. The van der Waals surface area contributed by atoms with Gasteiger partial charge in [-0.25, -0.2) is 4.98 Å². The molecule has 0 unspecified atom stereocenters. The standard InChI is InChI=1S/C12H10N2O2S/c15-10-4-2-7-5-8(1-3-9(7)13-10)12-14-11(16)6-17-12/h1,3,5-6,16H,2,4H2,(H,13,15). The van der Waals surface area contributed by atoms with Crippen LogP contribution < -0.4 is 5.32 Å². The Morgan fingerprint density at radius 3 is 3.00 bits per heavy atom. The maximum Gasteiger partial charge on any atom is 0.224 e. The molecular formula is C12H10N2O2S. The van der Waals surface area contributed by atoms with Gasteiger partial charge in [0.2, 0.25) is 11.8 Å². The van der Waals surface area contributed by atoms with Gasteiger partial charge in [0.05, 0.1) is 5.38 Å². The van der Waals surface area contributed by atoms with Gasteiger partial charge in [0, 0.05) is 17.7 Å². The Balaban J connectivity index is 2.01. The Hall–Kier alpha value is -1.88. The minimum absolute atomic E-state index is 0.0519. The summed E-state index contributed by atoms with van der Waals surface area (Å²) in [4.78, 5) is 15.3. The molecule has 1 amide bonds. The highest BCUT2D eigenvalue weighted by Gasteiger charge is 2.15. The lowest BCUT2D eigenvalue weighted by Gasteiger charge is -2.16. The normalized spacial score (nSPS) is 14.2. The summed E-state index contributed by atoms with van der Waals surface area (Å²) in [5, 5.41) is 14.5. The van der Waals surface area contributed by atoms with Crippen LogP contribution in [0.3, 0.4) is 0 Å². The molecule has 1 aromatic carbocycles. The maximum absolute atomic E-state index is 11.2. The smallest absolute Gasteiger partial charge is 0.224 e. The number of hydrogen-bond acceptors (Lipinski definition) is 4. The van der Waals surface area contributed by atoms with Crippen molar-refractivity contribution in [2.45, 2.75) is 12.8 Å². The fourth-order valence-corrected chi connectivity index (χ4v) is 2.59. The molecule has 0 saturated heterocycles. The van der Waals surface area contributed by atoms with Crippen LogP contribution in [0.5, 0.6) is 5.88 Å². The van der Waals surface area contributed by atoms with Crippen molar-refractivity contribution < 1.29 is 9.90 Å². The van der Waals surface area contributed by atoms with E-state index < -0.39 is 0 Å². The van der Waals surface area contributed by atoms with Crippen LogP contribution in [0.15, 0.2) is 23.6 Å². The van der Waals surface area contributed by atoms with Crippen LogP contribution in [-0.4, -0.2) is 16.0 Å². The first kappa shape index (κ1) is 10.3. The van der Waals surface area contributed by atoms with E-state index >= 15 is 0 Å². The Bertz CT molecular complexity index is 592. The lowest BCUT2D eigenvalue weighted by Crippen LogP contribution is -2.18. The molecule has 1 aliphatic rings. The number of nitrogens with one attached hydrogen (secondary N) is 1. The van der Waals surface area contributed by atoms with Crippen LogP contribution in [0.4, 0.5) is 5.69 Å². The second-order valence-corrected chi connectivity index (χ2v) is 4.79. The molecule has 86 valence electrons. The highest BCUT2D eigenvalue weighted by Crippen LogP contribution is 2.31. The lowest BCUT2D eigenvalue weighted by atomic mass is 10.0. The largest absolute Gasteiger partial charge is 0.493 e. The third-order valence-corrected chi connectivity index (χ3v) is 3.62. The Kier molecular flexibility index (Phi) is 2.33. The van der Waals surface area contributed by atoms with E-state index in [2.05, 4.69) is 10.3 Å². The molecule has 17 heavy (non-hydrogen) atoms. The number of aromatic hydroxyl groups is 1. The predicted octanol–water partition coefficient (Wildman–Crippen LogP) is 2.40. The summed E-state index contributed by atoms with van der Waals surface area (Å²) in [6.07, 6.45) is 1.28. The molecule has 0 bridgehead atoms. The van der Waals surface area contributed by atoms with Crippen LogP contribution in [0.2, 0.25) is 0 Å². The second-order valence-electron chi connectivity index (χ2n) is 3.93. The van der Waals surface area contributed by atoms with Gasteiger partial charge in [0.1, 0.15) is 5.01 Å². The quantitative estimate of drug-likeness (QED) is 0.812. The number of amides is 1. The molecule has 0 saturated carbocycles. The average molecular weight is 246 g/mol. The molecule has 2 heterocycles. The number of anilines is 1. The topological polar surface area (TPSA) is 62.2 Å². The number of nitrogens with zero attached hydrogens (tertiary/aromatic N) is 1. The maximum atomic E-state index is 11.2. The number of carbonyl (C=O) groups is 1. The highest BCUT2D eigenvalue weighted by atomic mass is 32.1. The first-order valence-corrected chi connectivity index (χ1v) is 6.18. The van der Waals surface area contributed by atoms with Gasteiger partial charge in [-0.1, -0.05) is 0 Å². The van der Waals surface area contributed by atoms with Crippen LogP contribution in [0.25, 0.3) is 10.6 Å². The van der Waals surface area contributed by atoms with E-state index in [1.165, 1.54) is 11.3 Å². The number of aromatic nitrogens is 1. The first-order chi connectivity index (χ1) is 8.22. The first-order valence-electron chi connectivity index (χ1n) is 5.30. The van der Waals surface area contributed by atoms with Crippen molar-refractivity contribution >= 4 is 22.9 Å². The summed E-state index contributed by atoms with van der Waals surface area (Å²) in [5.74, 6) is 0.119. The summed E-state index contributed by atoms with van der Waals surface area (Å²) >= 11 is 1.41. The molecule has 0 atom stereocenters. The second kappa shape index (κ2) is 3.85. The summed E-state index contributed by atoms with van der Waals surface area (Å²) in [7, 11) is 0. The van der Waals surface area contributed by atoms with Gasteiger partial charge in [-0.3, -0.25) is 4.79 Å². The van der Waals surface area contributed by atoms with Crippen molar-refractivity contribution in [3.63, 3.8) is 0 Å². The molecule has 0 fully saturated rings. The van der Waals surface area contributed by atoms with Crippen molar-refractivity contribution in [3.05, 3.63) is 29.1 Å². The molecule has 4 nitrogen and oxygen atoms in total. The van der Waals surface area contributed by atoms with Crippen LogP contribution in [0.1, 0.15) is 12.0 Å². The zero-order valence-corrected chi connectivity index (χ0v) is 9.75. The van der Waals surface area contributed by atoms with E-state index in [-0.39, 0.29) is 11.8 Å². The Labute approximate surface area is 102 Å². The summed E-state index contributed by atoms with van der Waals surface area (Å²) in [6.45, 7) is 0. The van der Waals surface area contributed by atoms with Crippen molar-refractivity contribution in [2.24, 2.45) is 0 Å². The van der Waals surface area contributed by atoms with E-state index in [4.69, 9.17) is 0 Å². The predicted molar refractivity (Wildman–Crippen MR) is 66.2 cm³/mol. The number of fused-ring (bicyclic) bond motifs is 1. The molecule has 1 aliphatic heterocycles. The molecule has 1 aromatic heterocycles. The zero-order chi connectivity index (χ0) is 11.8. The summed E-state index contributed by atoms with van der Waals surface area (Å²) < 4.78 is 0. The fraction of sp³-hybridized carbons (Fsp3) is 0.167. The van der Waals surface area contributed by atoms with Gasteiger partial charge in [-0.05, 0) is 30.2 Å². The number of rotatable bonds is 1. The Morgan fingerprint density at radius 2 is 2.24 bits per heavy atom. The van der Waals surface area contributed by atoms with Gasteiger partial charge in [0.15, 0.2) is 0 Å². The van der Waals surface area contributed by atoms with E-state index in [0.29, 0.717) is 6.42 Å². The molecule has 0 aliphatic carbocycles. The van der Waals surface area contributed by atoms with Crippen molar-refractivity contribution in [2.75, 3.05) is 5.32 Å². The van der Waals surface area contributed by atoms with Gasteiger partial charge in [-0.15, -0.1) is 11.3 Å². The monoisotopic (exact) mass is 246 g/mol. The van der Waals surface area contributed by atoms with E-state index in [1.54, 1.807) is 5.38 Å². The average Bonchev–Trinajstić information content (AvgIpc) is 2.75. The van der Waals surface area contributed by atoms with E-state index in [9.17, 15) is 9.90 Å². The number of aryl methyl sites for hydroxylation is 1. The van der Waals surface area contributed by atoms with Crippen LogP contribution >= 0.6 is 11.3 Å². The molecule has 2 aromatic rings. The zero-order valence-electron chi connectivity index (χ0n) is 8.93. The Morgan fingerprint density at radius 1 is 1.35 bits per heavy atom. The fourth-order valence-electron chi connectivity index (χ4n) is 1.91. The summed E-state index contributed by atoms with van der Waals surface area (Å²) in [6, 6.07) is 5.82. The lowest BCUT2D eigenvalue weighted by molar-refractivity contribution is -0.116. The van der Waals surface area contributed by atoms with Crippen molar-refractivity contribution in [1.29, 1.82) is 0 Å². The third-order valence-electron chi connectivity index (χ3n) is 2.74. The molecule has 2 N–H and O–H groups in total. The van der Waals surface area contributed by atoms with Crippen LogP contribution in [0, 0.1) is 0 Å². The SMILES string of the molecule is O=C1CCc2cc(-c3nc(O)cs3)ccc2N1. The highest BCUT2D eigenvalue weighted by molar-refractivity contribution is 7.13. The number of hydrogen-bond donors (Lipinski definition) is 2. The molecule has 5 heteroatoms. The molecule has 0 spiro atoms. The number of thiazole rings is 1. The van der Waals surface area contributed by atoms with Crippen molar-refractivity contribution in [3.8, 4) is 16.5 Å². The third kappa shape index (κ3) is 1.89.